The van der Waals surface area contributed by atoms with Gasteiger partial charge in [-0.25, -0.2) is 4.79 Å². The highest BCUT2D eigenvalue weighted by molar-refractivity contribution is 5.81. The highest BCUT2D eigenvalue weighted by Gasteiger charge is 2.30. The van der Waals surface area contributed by atoms with E-state index in [0.717, 1.165) is 12.1 Å². The number of alkyl halides is 3. The number of hydrogen-bond acceptors (Lipinski definition) is 2. The van der Waals surface area contributed by atoms with Crippen molar-refractivity contribution in [2.45, 2.75) is 12.7 Å². The fourth-order valence-electron chi connectivity index (χ4n) is 2.38. The molecule has 0 saturated heterocycles. The van der Waals surface area contributed by atoms with Crippen molar-refractivity contribution in [1.82, 2.24) is 9.55 Å². The van der Waals surface area contributed by atoms with Crippen LogP contribution in [-0.2, 0) is 12.7 Å². The molecule has 0 unspecified atom stereocenters. The Balaban J connectivity index is 2.08. The van der Waals surface area contributed by atoms with Crippen LogP contribution in [0, 0.1) is 0 Å². The molecule has 0 atom stereocenters. The Kier molecular flexibility index (Phi) is 3.20. The minimum absolute atomic E-state index is 0.0691. The average Bonchev–Trinajstić information content (AvgIpc) is 2.76. The van der Waals surface area contributed by atoms with Crippen LogP contribution in [0.4, 0.5) is 13.2 Å². The van der Waals surface area contributed by atoms with Crippen molar-refractivity contribution in [3.63, 3.8) is 0 Å². The summed E-state index contributed by atoms with van der Waals surface area (Å²) in [6, 6.07) is 9.35. The number of rotatable bonds is 2. The summed E-state index contributed by atoms with van der Waals surface area (Å²) >= 11 is 0. The molecule has 0 aliphatic heterocycles. The zero-order valence-electron chi connectivity index (χ0n) is 11.2. The molecule has 0 radical (unpaired) electrons. The third-order valence-corrected chi connectivity index (χ3v) is 3.37. The molecule has 2 N–H and O–H groups in total. The van der Waals surface area contributed by atoms with E-state index in [1.54, 1.807) is 12.1 Å². The maximum Gasteiger partial charge on any atom is 0.416 e. The third-order valence-electron chi connectivity index (χ3n) is 3.37. The lowest BCUT2D eigenvalue weighted by atomic mass is 10.1. The Morgan fingerprint density at radius 2 is 1.86 bits per heavy atom. The van der Waals surface area contributed by atoms with Crippen LogP contribution in [0.3, 0.4) is 0 Å². The average molecular weight is 308 g/mol. The van der Waals surface area contributed by atoms with E-state index in [0.29, 0.717) is 11.1 Å². The number of aromatic nitrogens is 2. The van der Waals surface area contributed by atoms with E-state index in [4.69, 9.17) is 0 Å². The zero-order valence-corrected chi connectivity index (χ0v) is 11.2. The monoisotopic (exact) mass is 308 g/mol. The van der Waals surface area contributed by atoms with Crippen LogP contribution < -0.4 is 5.69 Å². The second kappa shape index (κ2) is 4.94. The second-order valence-corrected chi connectivity index (χ2v) is 4.89. The molecule has 2 aromatic carbocycles. The first-order valence-corrected chi connectivity index (χ1v) is 6.43. The van der Waals surface area contributed by atoms with E-state index in [2.05, 4.69) is 4.98 Å². The third kappa shape index (κ3) is 2.45. The standard InChI is InChI=1S/C15H11F3N2O2/c16-15(17,18)10-4-1-3-9(7-10)8-20-13-11(19-14(20)22)5-2-6-12(13)21/h1-7,21H,8H2,(H,19,22). The van der Waals surface area contributed by atoms with E-state index in [9.17, 15) is 23.1 Å². The number of phenolic OH excluding ortho intramolecular Hbond substituents is 1. The largest absolute Gasteiger partial charge is 0.506 e. The molecule has 0 amide bonds. The number of fused-ring (bicyclic) bond motifs is 1. The lowest BCUT2D eigenvalue weighted by molar-refractivity contribution is -0.137. The number of benzene rings is 2. The molecule has 0 aliphatic rings. The van der Waals surface area contributed by atoms with Crippen LogP contribution in [0.5, 0.6) is 5.75 Å². The van der Waals surface area contributed by atoms with Crippen molar-refractivity contribution in [2.75, 3.05) is 0 Å². The molecule has 1 aromatic heterocycles. The first-order chi connectivity index (χ1) is 10.4. The molecule has 3 aromatic rings. The molecule has 0 aliphatic carbocycles. The van der Waals surface area contributed by atoms with Gasteiger partial charge in [0.15, 0.2) is 0 Å². The van der Waals surface area contributed by atoms with Crippen molar-refractivity contribution in [3.05, 3.63) is 64.1 Å². The first-order valence-electron chi connectivity index (χ1n) is 6.43. The second-order valence-electron chi connectivity index (χ2n) is 4.89. The fraction of sp³-hybridized carbons (Fsp3) is 0.133. The Hall–Kier alpha value is -2.70. The van der Waals surface area contributed by atoms with E-state index >= 15 is 0 Å². The summed E-state index contributed by atoms with van der Waals surface area (Å²) in [6.07, 6.45) is -4.44. The Morgan fingerprint density at radius 1 is 1.14 bits per heavy atom. The van der Waals surface area contributed by atoms with Crippen LogP contribution in [0.25, 0.3) is 11.0 Å². The molecule has 3 rings (SSSR count). The first kappa shape index (κ1) is 14.2. The van der Waals surface area contributed by atoms with E-state index < -0.39 is 17.4 Å². The summed E-state index contributed by atoms with van der Waals surface area (Å²) in [5.41, 5.74) is -0.251. The summed E-state index contributed by atoms with van der Waals surface area (Å²) in [5.74, 6) is -0.108. The van der Waals surface area contributed by atoms with Crippen molar-refractivity contribution in [3.8, 4) is 5.75 Å². The highest BCUT2D eigenvalue weighted by Crippen LogP contribution is 2.30. The molecule has 0 spiro atoms. The Labute approximate surface area is 122 Å². The molecule has 22 heavy (non-hydrogen) atoms. The van der Waals surface area contributed by atoms with Crippen LogP contribution in [0.15, 0.2) is 47.3 Å². The van der Waals surface area contributed by atoms with Gasteiger partial charge in [-0.2, -0.15) is 13.2 Å². The number of phenols is 1. The van der Waals surface area contributed by atoms with Gasteiger partial charge < -0.3 is 10.1 Å². The number of para-hydroxylation sites is 1. The number of aromatic hydroxyl groups is 1. The van der Waals surface area contributed by atoms with Gasteiger partial charge in [0.05, 0.1) is 17.6 Å². The molecule has 0 fully saturated rings. The van der Waals surface area contributed by atoms with E-state index in [1.807, 2.05) is 0 Å². The van der Waals surface area contributed by atoms with Gasteiger partial charge in [0, 0.05) is 0 Å². The summed E-state index contributed by atoms with van der Waals surface area (Å²) in [6.45, 7) is -0.0691. The van der Waals surface area contributed by atoms with Gasteiger partial charge in [-0.15, -0.1) is 0 Å². The number of nitrogens with one attached hydrogen (secondary N) is 1. The molecule has 4 nitrogen and oxygen atoms in total. The number of hydrogen-bond donors (Lipinski definition) is 2. The SMILES string of the molecule is O=c1[nH]c2cccc(O)c2n1Cc1cccc(C(F)(F)F)c1. The zero-order chi connectivity index (χ0) is 15.9. The van der Waals surface area contributed by atoms with Crippen molar-refractivity contribution >= 4 is 11.0 Å². The molecule has 1 heterocycles. The topological polar surface area (TPSA) is 58.0 Å². The van der Waals surface area contributed by atoms with Crippen LogP contribution in [0.1, 0.15) is 11.1 Å². The number of halogens is 3. The van der Waals surface area contributed by atoms with Gasteiger partial charge in [0.2, 0.25) is 0 Å². The number of H-pyrrole nitrogens is 1. The molecular weight excluding hydrogens is 297 g/mol. The van der Waals surface area contributed by atoms with Crippen molar-refractivity contribution in [1.29, 1.82) is 0 Å². The highest BCUT2D eigenvalue weighted by atomic mass is 19.4. The van der Waals surface area contributed by atoms with Crippen molar-refractivity contribution in [2.24, 2.45) is 0 Å². The summed E-state index contributed by atoms with van der Waals surface area (Å²) in [7, 11) is 0. The molecular formula is C15H11F3N2O2. The minimum Gasteiger partial charge on any atom is -0.506 e. The van der Waals surface area contributed by atoms with Crippen LogP contribution in [0.2, 0.25) is 0 Å². The lowest BCUT2D eigenvalue weighted by Crippen LogP contribution is -2.17. The normalized spacial score (nSPS) is 12.0. The Bertz CT molecular complexity index is 894. The molecule has 0 saturated carbocycles. The maximum absolute atomic E-state index is 12.7. The smallest absolute Gasteiger partial charge is 0.416 e. The predicted molar refractivity (Wildman–Crippen MR) is 74.8 cm³/mol. The van der Waals surface area contributed by atoms with Crippen LogP contribution in [-0.4, -0.2) is 14.7 Å². The molecule has 7 heteroatoms. The van der Waals surface area contributed by atoms with E-state index in [1.165, 1.54) is 22.8 Å². The van der Waals surface area contributed by atoms with Gasteiger partial charge in [0.1, 0.15) is 11.3 Å². The van der Waals surface area contributed by atoms with Gasteiger partial charge >= 0.3 is 11.9 Å². The van der Waals surface area contributed by atoms with Gasteiger partial charge in [0.25, 0.3) is 0 Å². The van der Waals surface area contributed by atoms with Gasteiger partial charge in [-0.3, -0.25) is 4.57 Å². The predicted octanol–water partition coefficient (Wildman–Crippen LogP) is 3.10. The lowest BCUT2D eigenvalue weighted by Gasteiger charge is -2.09. The summed E-state index contributed by atoms with van der Waals surface area (Å²) < 4.78 is 39.4. The number of imidazole rings is 1. The molecule has 114 valence electrons. The molecule has 0 bridgehead atoms. The Morgan fingerprint density at radius 3 is 2.59 bits per heavy atom. The van der Waals surface area contributed by atoms with Crippen molar-refractivity contribution < 1.29 is 18.3 Å². The van der Waals surface area contributed by atoms with Gasteiger partial charge in [-0.05, 0) is 29.8 Å². The summed E-state index contributed by atoms with van der Waals surface area (Å²) in [4.78, 5) is 14.5. The van der Waals surface area contributed by atoms with E-state index in [-0.39, 0.29) is 17.8 Å². The fourth-order valence-corrected chi connectivity index (χ4v) is 2.38. The quantitative estimate of drug-likeness (QED) is 0.764. The van der Waals surface area contributed by atoms with Crippen LogP contribution >= 0.6 is 0 Å². The number of nitrogens with zero attached hydrogens (tertiary/aromatic N) is 1. The maximum atomic E-state index is 12.7. The summed E-state index contributed by atoms with van der Waals surface area (Å²) in [5, 5.41) is 9.87. The number of aromatic amines is 1. The van der Waals surface area contributed by atoms with Gasteiger partial charge in [-0.1, -0.05) is 18.2 Å². The minimum atomic E-state index is -4.44.